The number of carbonyl (C=O) groups is 1. The summed E-state index contributed by atoms with van der Waals surface area (Å²) in [6, 6.07) is 2.89. The fraction of sp³-hybridized carbons (Fsp3) is 0.615. The number of rotatable bonds is 8. The first-order chi connectivity index (χ1) is 9.21. The van der Waals surface area contributed by atoms with Gasteiger partial charge in [-0.3, -0.25) is 0 Å². The van der Waals surface area contributed by atoms with E-state index in [9.17, 15) is 4.79 Å². The Morgan fingerprint density at radius 1 is 1.53 bits per heavy atom. The summed E-state index contributed by atoms with van der Waals surface area (Å²) in [5.41, 5.74) is 0. The Labute approximate surface area is 113 Å². The molecule has 108 valence electrons. The van der Waals surface area contributed by atoms with Gasteiger partial charge in [-0.15, -0.1) is 0 Å². The average molecular weight is 270 g/mol. The standard InChI is InChI=1S/C13H22N2O4/c1-3-10(6-7-16)14-13(17)15-11(9-18-2)12-5-4-8-19-12/h4-5,8,10-11,16H,3,6-7,9H2,1-2H3,(H2,14,15,17). The van der Waals surface area contributed by atoms with Crippen LogP contribution in [0.1, 0.15) is 31.6 Å². The Hall–Kier alpha value is -1.53. The second-order valence-electron chi connectivity index (χ2n) is 4.26. The highest BCUT2D eigenvalue weighted by Gasteiger charge is 2.18. The molecule has 0 saturated heterocycles. The summed E-state index contributed by atoms with van der Waals surface area (Å²) in [5, 5.41) is 14.5. The number of furan rings is 1. The molecule has 6 heteroatoms. The molecule has 1 aromatic heterocycles. The number of amides is 2. The number of hydrogen-bond donors (Lipinski definition) is 3. The lowest BCUT2D eigenvalue weighted by Crippen LogP contribution is -2.44. The third-order valence-electron chi connectivity index (χ3n) is 2.83. The fourth-order valence-electron chi connectivity index (χ4n) is 1.77. The van der Waals surface area contributed by atoms with Crippen molar-refractivity contribution in [2.75, 3.05) is 20.3 Å². The van der Waals surface area contributed by atoms with Gasteiger partial charge in [-0.1, -0.05) is 6.92 Å². The van der Waals surface area contributed by atoms with Crippen LogP contribution in [0.15, 0.2) is 22.8 Å². The zero-order valence-corrected chi connectivity index (χ0v) is 11.4. The van der Waals surface area contributed by atoms with Gasteiger partial charge in [0.15, 0.2) is 0 Å². The van der Waals surface area contributed by atoms with Crippen molar-refractivity contribution >= 4 is 6.03 Å². The lowest BCUT2D eigenvalue weighted by Gasteiger charge is -2.20. The minimum atomic E-state index is -0.327. The summed E-state index contributed by atoms with van der Waals surface area (Å²) < 4.78 is 10.3. The molecule has 2 amide bonds. The molecule has 6 nitrogen and oxygen atoms in total. The summed E-state index contributed by atoms with van der Waals surface area (Å²) in [4.78, 5) is 11.9. The summed E-state index contributed by atoms with van der Waals surface area (Å²) in [7, 11) is 1.57. The van der Waals surface area contributed by atoms with E-state index >= 15 is 0 Å². The van der Waals surface area contributed by atoms with Gasteiger partial charge in [0.1, 0.15) is 11.8 Å². The van der Waals surface area contributed by atoms with Crippen LogP contribution in [-0.4, -0.2) is 37.5 Å². The maximum absolute atomic E-state index is 11.9. The third kappa shape index (κ3) is 5.32. The molecule has 0 fully saturated rings. The van der Waals surface area contributed by atoms with E-state index in [4.69, 9.17) is 14.3 Å². The zero-order valence-electron chi connectivity index (χ0n) is 11.4. The van der Waals surface area contributed by atoms with Crippen LogP contribution in [0, 0.1) is 0 Å². The van der Waals surface area contributed by atoms with Gasteiger partial charge in [0, 0.05) is 19.8 Å². The van der Waals surface area contributed by atoms with Gasteiger partial charge in [0.25, 0.3) is 0 Å². The van der Waals surface area contributed by atoms with Crippen LogP contribution >= 0.6 is 0 Å². The topological polar surface area (TPSA) is 83.7 Å². The number of hydrogen-bond acceptors (Lipinski definition) is 4. The van der Waals surface area contributed by atoms with Crippen LogP contribution in [0.5, 0.6) is 0 Å². The Kier molecular flexibility index (Phi) is 6.99. The van der Waals surface area contributed by atoms with Crippen molar-refractivity contribution in [3.63, 3.8) is 0 Å². The van der Waals surface area contributed by atoms with Crippen LogP contribution in [0.2, 0.25) is 0 Å². The van der Waals surface area contributed by atoms with Gasteiger partial charge < -0.3 is 24.9 Å². The van der Waals surface area contributed by atoms with E-state index in [1.165, 1.54) is 0 Å². The number of urea groups is 1. The predicted molar refractivity (Wildman–Crippen MR) is 70.8 cm³/mol. The van der Waals surface area contributed by atoms with Gasteiger partial charge in [-0.25, -0.2) is 4.79 Å². The molecule has 0 bridgehead atoms. The van der Waals surface area contributed by atoms with E-state index in [1.54, 1.807) is 25.5 Å². The Morgan fingerprint density at radius 2 is 2.32 bits per heavy atom. The Bertz CT molecular complexity index is 354. The quantitative estimate of drug-likeness (QED) is 0.667. The van der Waals surface area contributed by atoms with Crippen molar-refractivity contribution < 1.29 is 19.1 Å². The molecule has 0 aliphatic rings. The fourth-order valence-corrected chi connectivity index (χ4v) is 1.77. The third-order valence-corrected chi connectivity index (χ3v) is 2.83. The van der Waals surface area contributed by atoms with Crippen LogP contribution < -0.4 is 10.6 Å². The molecule has 3 N–H and O–H groups in total. The number of ether oxygens (including phenoxy) is 1. The molecule has 2 atom stereocenters. The van der Waals surface area contributed by atoms with Gasteiger partial charge in [0.05, 0.1) is 12.9 Å². The second-order valence-corrected chi connectivity index (χ2v) is 4.26. The summed E-state index contributed by atoms with van der Waals surface area (Å²) >= 11 is 0. The number of aliphatic hydroxyl groups excluding tert-OH is 1. The van der Waals surface area contributed by atoms with Crippen molar-refractivity contribution in [3.05, 3.63) is 24.2 Å². The minimum Gasteiger partial charge on any atom is -0.467 e. The van der Waals surface area contributed by atoms with E-state index in [0.717, 1.165) is 6.42 Å². The molecule has 1 aromatic rings. The smallest absolute Gasteiger partial charge is 0.315 e. The van der Waals surface area contributed by atoms with E-state index < -0.39 is 0 Å². The van der Waals surface area contributed by atoms with Crippen LogP contribution in [0.4, 0.5) is 4.79 Å². The molecule has 0 aliphatic heterocycles. The minimum absolute atomic E-state index is 0.0372. The SMILES string of the molecule is CCC(CCO)NC(=O)NC(COC)c1ccco1. The first-order valence-electron chi connectivity index (χ1n) is 6.41. The van der Waals surface area contributed by atoms with E-state index in [0.29, 0.717) is 18.8 Å². The Balaban J connectivity index is 2.52. The Morgan fingerprint density at radius 3 is 2.84 bits per heavy atom. The molecular weight excluding hydrogens is 248 g/mol. The molecule has 1 heterocycles. The zero-order chi connectivity index (χ0) is 14.1. The van der Waals surface area contributed by atoms with E-state index in [2.05, 4.69) is 10.6 Å². The predicted octanol–water partition coefficient (Wildman–Crippen LogP) is 1.43. The number of carbonyl (C=O) groups excluding carboxylic acids is 1. The highest BCUT2D eigenvalue weighted by atomic mass is 16.5. The lowest BCUT2D eigenvalue weighted by atomic mass is 10.1. The lowest BCUT2D eigenvalue weighted by molar-refractivity contribution is 0.156. The monoisotopic (exact) mass is 270 g/mol. The summed E-state index contributed by atoms with van der Waals surface area (Å²) in [6.07, 6.45) is 2.86. The van der Waals surface area contributed by atoms with Crippen molar-refractivity contribution in [2.45, 2.75) is 31.8 Å². The molecule has 19 heavy (non-hydrogen) atoms. The second kappa shape index (κ2) is 8.55. The molecule has 2 unspecified atom stereocenters. The number of aliphatic hydroxyl groups is 1. The number of nitrogens with one attached hydrogen (secondary N) is 2. The molecule has 0 radical (unpaired) electrons. The largest absolute Gasteiger partial charge is 0.467 e. The normalized spacial score (nSPS) is 13.8. The first-order valence-corrected chi connectivity index (χ1v) is 6.41. The maximum Gasteiger partial charge on any atom is 0.315 e. The van der Waals surface area contributed by atoms with Gasteiger partial charge in [0.2, 0.25) is 0 Å². The number of methoxy groups -OCH3 is 1. The summed E-state index contributed by atoms with van der Waals surface area (Å²) in [6.45, 7) is 2.34. The molecule has 0 aromatic carbocycles. The van der Waals surface area contributed by atoms with Crippen LogP contribution in [0.25, 0.3) is 0 Å². The highest BCUT2D eigenvalue weighted by molar-refractivity contribution is 5.74. The van der Waals surface area contributed by atoms with E-state index in [-0.39, 0.29) is 24.7 Å². The highest BCUT2D eigenvalue weighted by Crippen LogP contribution is 2.13. The molecule has 0 aliphatic carbocycles. The van der Waals surface area contributed by atoms with Crippen molar-refractivity contribution in [2.24, 2.45) is 0 Å². The van der Waals surface area contributed by atoms with E-state index in [1.807, 2.05) is 6.92 Å². The average Bonchev–Trinajstić information content (AvgIpc) is 2.91. The molecule has 0 spiro atoms. The molecule has 0 saturated carbocycles. The molecular formula is C13H22N2O4. The first kappa shape index (κ1) is 15.5. The van der Waals surface area contributed by atoms with Crippen molar-refractivity contribution in [1.29, 1.82) is 0 Å². The maximum atomic E-state index is 11.9. The van der Waals surface area contributed by atoms with Crippen LogP contribution in [0.3, 0.4) is 0 Å². The van der Waals surface area contributed by atoms with Gasteiger partial charge in [-0.2, -0.15) is 0 Å². The van der Waals surface area contributed by atoms with Gasteiger partial charge >= 0.3 is 6.03 Å². The van der Waals surface area contributed by atoms with Crippen molar-refractivity contribution in [3.8, 4) is 0 Å². The van der Waals surface area contributed by atoms with Gasteiger partial charge in [-0.05, 0) is 25.0 Å². The van der Waals surface area contributed by atoms with Crippen molar-refractivity contribution in [1.82, 2.24) is 10.6 Å². The van der Waals surface area contributed by atoms with Crippen LogP contribution in [-0.2, 0) is 4.74 Å². The molecule has 1 rings (SSSR count). The summed E-state index contributed by atoms with van der Waals surface area (Å²) in [5.74, 6) is 0.646.